The minimum atomic E-state index is -1.55. The highest BCUT2D eigenvalue weighted by Crippen LogP contribution is 2.26. The smallest absolute Gasteiger partial charge is 0.338 e. The third-order valence-electron chi connectivity index (χ3n) is 5.10. The quantitative estimate of drug-likeness (QED) is 0.396. The number of ether oxygens (including phenoxy) is 3. The Morgan fingerprint density at radius 3 is 2.42 bits per heavy atom. The van der Waals surface area contributed by atoms with Crippen molar-refractivity contribution in [2.75, 3.05) is 13.2 Å². The van der Waals surface area contributed by atoms with Crippen molar-refractivity contribution in [1.29, 1.82) is 0 Å². The van der Waals surface area contributed by atoms with Crippen LogP contribution in [0.2, 0.25) is 0 Å². The maximum atomic E-state index is 12.5. The summed E-state index contributed by atoms with van der Waals surface area (Å²) in [5.74, 6) is -0.640. The lowest BCUT2D eigenvalue weighted by Gasteiger charge is -2.41. The van der Waals surface area contributed by atoms with Gasteiger partial charge in [0.1, 0.15) is 29.8 Å². The van der Waals surface area contributed by atoms with E-state index in [-0.39, 0.29) is 23.7 Å². The van der Waals surface area contributed by atoms with E-state index in [1.54, 1.807) is 25.1 Å². The molecule has 1 aliphatic heterocycles. The van der Waals surface area contributed by atoms with Gasteiger partial charge in [0.2, 0.25) is 0 Å². The molecule has 0 aliphatic carbocycles. The van der Waals surface area contributed by atoms with E-state index < -0.39 is 43.3 Å². The number of carbonyl (C=O) groups is 1. The van der Waals surface area contributed by atoms with E-state index >= 15 is 0 Å². The molecule has 0 saturated carbocycles. The first-order chi connectivity index (χ1) is 14.8. The van der Waals surface area contributed by atoms with Crippen LogP contribution >= 0.6 is 0 Å². The fourth-order valence-corrected chi connectivity index (χ4v) is 3.27. The molecule has 31 heavy (non-hydrogen) atoms. The highest BCUT2D eigenvalue weighted by molar-refractivity contribution is 5.89. The molecule has 0 spiro atoms. The van der Waals surface area contributed by atoms with Crippen LogP contribution in [-0.2, 0) is 20.6 Å². The van der Waals surface area contributed by atoms with Crippen LogP contribution in [0.15, 0.2) is 42.5 Å². The highest BCUT2D eigenvalue weighted by Gasteiger charge is 2.47. The number of hydrogen-bond acceptors (Lipinski definition) is 9. The van der Waals surface area contributed by atoms with Crippen LogP contribution in [0.4, 0.5) is 0 Å². The van der Waals surface area contributed by atoms with E-state index in [0.717, 1.165) is 5.56 Å². The summed E-state index contributed by atoms with van der Waals surface area (Å²) in [5.41, 5.74) is 1.73. The Morgan fingerprint density at radius 2 is 1.77 bits per heavy atom. The molecule has 2 aromatic rings. The molecule has 9 heteroatoms. The number of aromatic hydroxyl groups is 2. The second-order valence-corrected chi connectivity index (χ2v) is 7.37. The van der Waals surface area contributed by atoms with Gasteiger partial charge in [-0.1, -0.05) is 12.1 Å². The van der Waals surface area contributed by atoms with Crippen molar-refractivity contribution in [2.24, 2.45) is 0 Å². The minimum absolute atomic E-state index is 0.0236. The number of benzene rings is 2. The fraction of sp³-hybridized carbons (Fsp3) is 0.409. The molecule has 0 bridgehead atoms. The molecule has 1 aliphatic rings. The van der Waals surface area contributed by atoms with Crippen LogP contribution in [0.25, 0.3) is 0 Å². The molecule has 1 saturated heterocycles. The predicted octanol–water partition coefficient (Wildman–Crippen LogP) is 0.630. The molecule has 2 aromatic carbocycles. The maximum Gasteiger partial charge on any atom is 0.338 e. The maximum absolute atomic E-state index is 12.5. The second kappa shape index (κ2) is 10.1. The summed E-state index contributed by atoms with van der Waals surface area (Å²) in [6.07, 6.45) is -6.27. The molecule has 5 N–H and O–H groups in total. The van der Waals surface area contributed by atoms with Crippen molar-refractivity contribution in [2.45, 2.75) is 44.1 Å². The second-order valence-electron chi connectivity index (χ2n) is 7.37. The summed E-state index contributed by atoms with van der Waals surface area (Å²) in [6.45, 7) is 1.34. The molecule has 9 nitrogen and oxygen atoms in total. The highest BCUT2D eigenvalue weighted by atomic mass is 16.7. The Morgan fingerprint density at radius 1 is 1.06 bits per heavy atom. The SMILES string of the molecule is Cc1cc(CCO[C@@H]2O[C@H](CO)[C@@H](O)[C@H](O)[C@H]2OC(=O)c2ccc(O)cc2)ccc1O. The topological polar surface area (TPSA) is 146 Å². The molecule has 0 amide bonds. The Labute approximate surface area is 179 Å². The Bertz CT molecular complexity index is 883. The largest absolute Gasteiger partial charge is 0.508 e. The van der Waals surface area contributed by atoms with Gasteiger partial charge in [-0.2, -0.15) is 0 Å². The molecule has 5 atom stereocenters. The zero-order valence-corrected chi connectivity index (χ0v) is 16.9. The van der Waals surface area contributed by atoms with Gasteiger partial charge in [-0.3, -0.25) is 0 Å². The number of phenolic OH excluding ortho intramolecular Hbond substituents is 2. The van der Waals surface area contributed by atoms with Crippen molar-refractivity contribution >= 4 is 5.97 Å². The molecule has 1 heterocycles. The molecule has 0 aromatic heterocycles. The van der Waals surface area contributed by atoms with E-state index in [9.17, 15) is 30.3 Å². The van der Waals surface area contributed by atoms with Crippen molar-refractivity contribution in [3.8, 4) is 11.5 Å². The van der Waals surface area contributed by atoms with E-state index in [2.05, 4.69) is 0 Å². The standard InChI is InChI=1S/C22H26O9/c1-12-10-13(2-7-16(12)25)8-9-29-22-20(19(27)18(26)17(11-23)30-22)31-21(28)14-3-5-15(24)6-4-14/h2-7,10,17-20,22-27H,8-9,11H2,1H3/t17-,18-,19+,20-,22-/m1/s1. The zero-order chi connectivity index (χ0) is 22.5. The van der Waals surface area contributed by atoms with Crippen LogP contribution in [0.5, 0.6) is 11.5 Å². The first-order valence-electron chi connectivity index (χ1n) is 9.82. The Kier molecular flexibility index (Phi) is 7.47. The van der Waals surface area contributed by atoms with E-state index in [0.29, 0.717) is 12.0 Å². The molecule has 3 rings (SSSR count). The summed E-state index contributed by atoms with van der Waals surface area (Å²) in [4.78, 5) is 12.5. The molecule has 0 unspecified atom stereocenters. The summed E-state index contributed by atoms with van der Waals surface area (Å²) >= 11 is 0. The van der Waals surface area contributed by atoms with Crippen molar-refractivity contribution in [3.63, 3.8) is 0 Å². The molecular formula is C22H26O9. The van der Waals surface area contributed by atoms with Gasteiger partial charge < -0.3 is 39.7 Å². The number of hydrogen-bond donors (Lipinski definition) is 5. The van der Waals surface area contributed by atoms with E-state index in [4.69, 9.17) is 14.2 Å². The average Bonchev–Trinajstić information content (AvgIpc) is 2.75. The lowest BCUT2D eigenvalue weighted by atomic mass is 9.99. The van der Waals surface area contributed by atoms with Gasteiger partial charge in [0.05, 0.1) is 18.8 Å². The van der Waals surface area contributed by atoms with Crippen LogP contribution in [0, 0.1) is 6.92 Å². The monoisotopic (exact) mass is 434 g/mol. The van der Waals surface area contributed by atoms with Crippen LogP contribution < -0.4 is 0 Å². The normalized spacial score (nSPS) is 25.9. The van der Waals surface area contributed by atoms with E-state index in [1.807, 2.05) is 0 Å². The number of carbonyl (C=O) groups excluding carboxylic acids is 1. The zero-order valence-electron chi connectivity index (χ0n) is 16.9. The Balaban J connectivity index is 1.69. The number of aliphatic hydroxyl groups excluding tert-OH is 3. The van der Waals surface area contributed by atoms with Crippen molar-refractivity contribution in [3.05, 3.63) is 59.2 Å². The van der Waals surface area contributed by atoms with Gasteiger partial charge in [-0.25, -0.2) is 4.79 Å². The lowest BCUT2D eigenvalue weighted by molar-refractivity contribution is -0.299. The summed E-state index contributed by atoms with van der Waals surface area (Å²) < 4.78 is 16.6. The number of esters is 1. The van der Waals surface area contributed by atoms with Crippen molar-refractivity contribution < 1.29 is 44.5 Å². The molecule has 0 radical (unpaired) electrons. The van der Waals surface area contributed by atoms with Gasteiger partial charge in [-0.15, -0.1) is 0 Å². The fourth-order valence-electron chi connectivity index (χ4n) is 3.27. The number of rotatable bonds is 7. The van der Waals surface area contributed by atoms with Crippen LogP contribution in [0.3, 0.4) is 0 Å². The van der Waals surface area contributed by atoms with Gasteiger partial charge in [0, 0.05) is 0 Å². The number of aliphatic hydroxyl groups is 3. The molecule has 168 valence electrons. The minimum Gasteiger partial charge on any atom is -0.508 e. The van der Waals surface area contributed by atoms with Crippen molar-refractivity contribution in [1.82, 2.24) is 0 Å². The number of aryl methyl sites for hydroxylation is 1. The predicted molar refractivity (Wildman–Crippen MR) is 108 cm³/mol. The van der Waals surface area contributed by atoms with Gasteiger partial charge >= 0.3 is 5.97 Å². The van der Waals surface area contributed by atoms with E-state index in [1.165, 1.54) is 24.3 Å². The average molecular weight is 434 g/mol. The van der Waals surface area contributed by atoms with Gasteiger partial charge in [-0.05, 0) is 54.8 Å². The summed E-state index contributed by atoms with van der Waals surface area (Å²) in [7, 11) is 0. The Hall–Kier alpha value is -2.69. The van der Waals surface area contributed by atoms with Gasteiger partial charge in [0.15, 0.2) is 12.4 Å². The lowest BCUT2D eigenvalue weighted by Crippen LogP contribution is -2.60. The summed E-state index contributed by atoms with van der Waals surface area (Å²) in [5, 5.41) is 49.0. The first-order valence-corrected chi connectivity index (χ1v) is 9.82. The van der Waals surface area contributed by atoms with Crippen LogP contribution in [-0.4, -0.2) is 75.4 Å². The van der Waals surface area contributed by atoms with Gasteiger partial charge in [0.25, 0.3) is 0 Å². The third-order valence-corrected chi connectivity index (χ3v) is 5.10. The molecule has 1 fully saturated rings. The van der Waals surface area contributed by atoms with Crippen LogP contribution in [0.1, 0.15) is 21.5 Å². The number of phenols is 2. The molecular weight excluding hydrogens is 408 g/mol. The third kappa shape index (κ3) is 5.52. The summed E-state index contributed by atoms with van der Waals surface area (Å²) in [6, 6.07) is 10.4. The first kappa shape index (κ1) is 23.0.